The summed E-state index contributed by atoms with van der Waals surface area (Å²) in [6.45, 7) is 0. The summed E-state index contributed by atoms with van der Waals surface area (Å²) >= 11 is 0. The molecule has 2 heterocycles. The van der Waals surface area contributed by atoms with Crippen molar-refractivity contribution in [3.05, 3.63) is 78.6 Å². The van der Waals surface area contributed by atoms with E-state index in [2.05, 4.69) is 25.0 Å². The highest BCUT2D eigenvalue weighted by Crippen LogP contribution is 2.29. The number of nitrogens with one attached hydrogen (secondary N) is 1. The Labute approximate surface area is 191 Å². The van der Waals surface area contributed by atoms with Crippen LogP contribution in [0.15, 0.2) is 72.9 Å². The highest BCUT2D eigenvalue weighted by molar-refractivity contribution is 5.68. The topological polar surface area (TPSA) is 119 Å². The number of rotatable bonds is 6. The van der Waals surface area contributed by atoms with E-state index in [-0.39, 0.29) is 17.4 Å². The molecule has 34 heavy (non-hydrogen) atoms. The van der Waals surface area contributed by atoms with Gasteiger partial charge in [-0.3, -0.25) is 0 Å². The molecule has 0 spiro atoms. The molecule has 0 aliphatic rings. The Balaban J connectivity index is 1.50. The third-order valence-corrected chi connectivity index (χ3v) is 4.32. The summed E-state index contributed by atoms with van der Waals surface area (Å²) in [6, 6.07) is 18.9. The molecule has 0 fully saturated rings. The SMILES string of the molecule is N#Cc1cc(Oc2ccc(Nc3cc(-c4cccc(OC(F)(F)F)c4)nc(N)n3)cc2)ccn1. The zero-order valence-electron chi connectivity index (χ0n) is 17.2. The standard InChI is InChI=1S/C23H15F3N6O2/c24-23(25,26)34-19-3-1-2-14(10-19)20-12-21(32-22(28)31-20)30-15-4-6-17(7-5-15)33-18-8-9-29-16(11-18)13-27/h1-12H,(H3,28,30,31,32). The van der Waals surface area contributed by atoms with E-state index in [1.807, 2.05) is 6.07 Å². The van der Waals surface area contributed by atoms with Crippen molar-refractivity contribution in [2.45, 2.75) is 6.36 Å². The number of nitrogens with two attached hydrogens (primary N) is 1. The molecule has 11 heteroatoms. The smallest absolute Gasteiger partial charge is 0.457 e. The van der Waals surface area contributed by atoms with E-state index < -0.39 is 6.36 Å². The highest BCUT2D eigenvalue weighted by atomic mass is 19.4. The largest absolute Gasteiger partial charge is 0.573 e. The number of aromatic nitrogens is 3. The van der Waals surface area contributed by atoms with Gasteiger partial charge in [0, 0.05) is 29.6 Å². The third kappa shape index (κ3) is 5.89. The monoisotopic (exact) mass is 464 g/mol. The lowest BCUT2D eigenvalue weighted by Gasteiger charge is -2.12. The number of halogens is 3. The van der Waals surface area contributed by atoms with Gasteiger partial charge in [0.15, 0.2) is 0 Å². The number of pyridine rings is 1. The molecule has 0 amide bonds. The second-order valence-electron chi connectivity index (χ2n) is 6.81. The minimum absolute atomic E-state index is 0.0620. The highest BCUT2D eigenvalue weighted by Gasteiger charge is 2.31. The first-order valence-electron chi connectivity index (χ1n) is 9.69. The summed E-state index contributed by atoms with van der Waals surface area (Å²) in [5.41, 5.74) is 7.38. The number of anilines is 3. The number of ether oxygens (including phenoxy) is 2. The van der Waals surface area contributed by atoms with Crippen LogP contribution in [0.4, 0.5) is 30.6 Å². The molecule has 0 bridgehead atoms. The van der Waals surface area contributed by atoms with Gasteiger partial charge in [0.25, 0.3) is 0 Å². The minimum Gasteiger partial charge on any atom is -0.457 e. The number of nitrogen functional groups attached to an aromatic ring is 1. The molecule has 2 aromatic heterocycles. The van der Waals surface area contributed by atoms with Crippen molar-refractivity contribution in [3.8, 4) is 34.6 Å². The summed E-state index contributed by atoms with van der Waals surface area (Å²) < 4.78 is 47.3. The predicted octanol–water partition coefficient (Wildman–Crippen LogP) is 5.43. The molecule has 170 valence electrons. The van der Waals surface area contributed by atoms with Gasteiger partial charge >= 0.3 is 6.36 Å². The Morgan fingerprint density at radius 3 is 2.44 bits per heavy atom. The van der Waals surface area contributed by atoms with Crippen molar-refractivity contribution in [1.29, 1.82) is 5.26 Å². The van der Waals surface area contributed by atoms with Crippen LogP contribution in [-0.4, -0.2) is 21.3 Å². The van der Waals surface area contributed by atoms with Crippen molar-refractivity contribution >= 4 is 17.5 Å². The summed E-state index contributed by atoms with van der Waals surface area (Å²) in [5.74, 6) is 0.907. The Morgan fingerprint density at radius 2 is 1.71 bits per heavy atom. The number of benzene rings is 2. The Bertz CT molecular complexity index is 1350. The van der Waals surface area contributed by atoms with Crippen LogP contribution in [0, 0.1) is 11.3 Å². The van der Waals surface area contributed by atoms with Gasteiger partial charge in [-0.1, -0.05) is 12.1 Å². The fourth-order valence-corrected chi connectivity index (χ4v) is 2.96. The number of nitrogens with zero attached hydrogens (tertiary/aromatic N) is 4. The number of nitriles is 1. The molecular weight excluding hydrogens is 449 g/mol. The maximum atomic E-state index is 12.5. The van der Waals surface area contributed by atoms with Gasteiger partial charge in [-0.15, -0.1) is 13.2 Å². The van der Waals surface area contributed by atoms with Crippen LogP contribution in [0.2, 0.25) is 0 Å². The molecule has 0 aliphatic heterocycles. The van der Waals surface area contributed by atoms with E-state index in [1.165, 1.54) is 30.5 Å². The second-order valence-corrected chi connectivity index (χ2v) is 6.81. The fraction of sp³-hybridized carbons (Fsp3) is 0.0435. The summed E-state index contributed by atoms with van der Waals surface area (Å²) in [4.78, 5) is 12.1. The van der Waals surface area contributed by atoms with Crippen LogP contribution >= 0.6 is 0 Å². The molecule has 4 rings (SSSR count). The molecule has 0 unspecified atom stereocenters. The third-order valence-electron chi connectivity index (χ3n) is 4.32. The lowest BCUT2D eigenvalue weighted by Crippen LogP contribution is -2.17. The van der Waals surface area contributed by atoms with E-state index >= 15 is 0 Å². The van der Waals surface area contributed by atoms with E-state index in [1.54, 1.807) is 42.5 Å². The van der Waals surface area contributed by atoms with Crippen LogP contribution in [0.3, 0.4) is 0 Å². The van der Waals surface area contributed by atoms with Crippen LogP contribution < -0.4 is 20.5 Å². The van der Waals surface area contributed by atoms with Crippen molar-refractivity contribution in [2.24, 2.45) is 0 Å². The Hall–Kier alpha value is -4.85. The molecule has 3 N–H and O–H groups in total. The van der Waals surface area contributed by atoms with Gasteiger partial charge in [0.1, 0.15) is 34.8 Å². The number of alkyl halides is 3. The van der Waals surface area contributed by atoms with Gasteiger partial charge in [0.2, 0.25) is 5.95 Å². The van der Waals surface area contributed by atoms with Gasteiger partial charge in [-0.2, -0.15) is 10.2 Å². The van der Waals surface area contributed by atoms with Crippen molar-refractivity contribution < 1.29 is 22.6 Å². The van der Waals surface area contributed by atoms with Crippen LogP contribution in [0.25, 0.3) is 11.3 Å². The molecule has 0 radical (unpaired) electrons. The normalized spacial score (nSPS) is 10.9. The predicted molar refractivity (Wildman–Crippen MR) is 117 cm³/mol. The molecule has 0 aliphatic carbocycles. The summed E-state index contributed by atoms with van der Waals surface area (Å²) in [7, 11) is 0. The van der Waals surface area contributed by atoms with Gasteiger partial charge < -0.3 is 20.5 Å². The quantitative estimate of drug-likeness (QED) is 0.388. The first kappa shape index (κ1) is 22.3. The average Bonchev–Trinajstić information content (AvgIpc) is 2.79. The zero-order valence-corrected chi connectivity index (χ0v) is 17.2. The lowest BCUT2D eigenvalue weighted by atomic mass is 10.1. The fourth-order valence-electron chi connectivity index (χ4n) is 2.96. The molecular formula is C23H15F3N6O2. The van der Waals surface area contributed by atoms with Crippen LogP contribution in [-0.2, 0) is 0 Å². The molecule has 0 atom stereocenters. The molecule has 8 nitrogen and oxygen atoms in total. The van der Waals surface area contributed by atoms with Gasteiger partial charge in [0.05, 0.1) is 5.69 Å². The van der Waals surface area contributed by atoms with Gasteiger partial charge in [-0.25, -0.2) is 9.97 Å². The average molecular weight is 464 g/mol. The maximum Gasteiger partial charge on any atom is 0.573 e. The van der Waals surface area contributed by atoms with E-state index in [4.69, 9.17) is 15.7 Å². The second kappa shape index (κ2) is 9.33. The van der Waals surface area contributed by atoms with Gasteiger partial charge in [-0.05, 0) is 42.5 Å². The maximum absolute atomic E-state index is 12.5. The first-order valence-corrected chi connectivity index (χ1v) is 9.69. The van der Waals surface area contributed by atoms with E-state index in [0.717, 1.165) is 0 Å². The molecule has 2 aromatic carbocycles. The van der Waals surface area contributed by atoms with Crippen LogP contribution in [0.1, 0.15) is 5.69 Å². The lowest BCUT2D eigenvalue weighted by molar-refractivity contribution is -0.274. The zero-order chi connectivity index (χ0) is 24.1. The van der Waals surface area contributed by atoms with Crippen molar-refractivity contribution in [3.63, 3.8) is 0 Å². The van der Waals surface area contributed by atoms with Crippen molar-refractivity contribution in [1.82, 2.24) is 15.0 Å². The number of hydrogen-bond acceptors (Lipinski definition) is 8. The molecule has 0 saturated heterocycles. The van der Waals surface area contributed by atoms with Crippen LogP contribution in [0.5, 0.6) is 17.2 Å². The van der Waals surface area contributed by atoms with E-state index in [0.29, 0.717) is 34.3 Å². The van der Waals surface area contributed by atoms with E-state index in [9.17, 15) is 13.2 Å². The summed E-state index contributed by atoms with van der Waals surface area (Å²) in [6.07, 6.45) is -3.33. The Kier molecular flexibility index (Phi) is 6.13. The van der Waals surface area contributed by atoms with Crippen molar-refractivity contribution in [2.75, 3.05) is 11.1 Å². The minimum atomic E-state index is -4.80. The molecule has 4 aromatic rings. The number of hydrogen-bond donors (Lipinski definition) is 2. The Morgan fingerprint density at radius 1 is 0.912 bits per heavy atom. The summed E-state index contributed by atoms with van der Waals surface area (Å²) in [5, 5.41) is 12.0. The molecule has 0 saturated carbocycles. The first-order chi connectivity index (χ1) is 16.3.